The van der Waals surface area contributed by atoms with Gasteiger partial charge in [-0.3, -0.25) is 0 Å². The summed E-state index contributed by atoms with van der Waals surface area (Å²) in [4.78, 5) is 14.7. The molecule has 1 saturated carbocycles. The van der Waals surface area contributed by atoms with Crippen LogP contribution in [-0.2, 0) is 27.2 Å². The number of para-hydroxylation sites is 1. The predicted molar refractivity (Wildman–Crippen MR) is 197 cm³/mol. The number of esters is 1. The highest BCUT2D eigenvalue weighted by molar-refractivity contribution is 6.01. The van der Waals surface area contributed by atoms with Crippen molar-refractivity contribution in [1.29, 1.82) is 0 Å². The summed E-state index contributed by atoms with van der Waals surface area (Å²) < 4.78 is 57.3. The number of hydrogen-bond donors (Lipinski definition) is 0. The zero-order valence-corrected chi connectivity index (χ0v) is 31.6. The Hall–Kier alpha value is -3.91. The second-order valence-corrected chi connectivity index (χ2v) is 16.0. The second kappa shape index (κ2) is 14.6. The molecular formula is C43H53F2NO5. The fourth-order valence-electron chi connectivity index (χ4n) is 8.30. The normalized spacial score (nSPS) is 19.9. The highest BCUT2D eigenvalue weighted by Crippen LogP contribution is 2.46. The van der Waals surface area contributed by atoms with Crippen molar-refractivity contribution in [3.63, 3.8) is 0 Å². The number of carbonyl (C=O) groups is 1. The summed E-state index contributed by atoms with van der Waals surface area (Å²) in [5.41, 5.74) is 5.46. The third-order valence-corrected chi connectivity index (χ3v) is 10.8. The molecule has 0 spiro atoms. The van der Waals surface area contributed by atoms with Gasteiger partial charge in [0.25, 0.3) is 0 Å². The van der Waals surface area contributed by atoms with E-state index < -0.39 is 29.3 Å². The Morgan fingerprint density at radius 3 is 2.55 bits per heavy atom. The number of ether oxygens (including phenoxy) is 4. The first-order valence-electron chi connectivity index (χ1n) is 18.5. The van der Waals surface area contributed by atoms with Crippen molar-refractivity contribution in [2.45, 2.75) is 112 Å². The Labute approximate surface area is 301 Å². The van der Waals surface area contributed by atoms with Crippen molar-refractivity contribution in [2.75, 3.05) is 13.7 Å². The fraction of sp³-hybridized carbons (Fsp3) is 0.512. The molecule has 1 aromatic heterocycles. The quantitative estimate of drug-likeness (QED) is 0.163. The first-order valence-corrected chi connectivity index (χ1v) is 18.5. The maximum atomic E-state index is 16.0. The number of hydrogen-bond acceptors (Lipinski definition) is 5. The molecule has 4 atom stereocenters. The van der Waals surface area contributed by atoms with Gasteiger partial charge in [0.15, 0.2) is 29.2 Å². The molecule has 0 N–H and O–H groups in total. The van der Waals surface area contributed by atoms with Gasteiger partial charge in [0, 0.05) is 33.8 Å². The molecule has 1 aliphatic carbocycles. The molecule has 3 aromatic carbocycles. The van der Waals surface area contributed by atoms with E-state index in [2.05, 4.69) is 20.8 Å². The van der Waals surface area contributed by atoms with Gasteiger partial charge in [-0.1, -0.05) is 39.3 Å². The van der Waals surface area contributed by atoms with Crippen LogP contribution >= 0.6 is 0 Å². The van der Waals surface area contributed by atoms with E-state index >= 15 is 4.39 Å². The molecule has 0 radical (unpaired) electrons. The van der Waals surface area contributed by atoms with Gasteiger partial charge in [-0.25, -0.2) is 13.6 Å². The van der Waals surface area contributed by atoms with Crippen LogP contribution in [0.25, 0.3) is 22.0 Å². The van der Waals surface area contributed by atoms with Crippen LogP contribution in [0.3, 0.4) is 0 Å². The maximum Gasteiger partial charge on any atom is 0.340 e. The Morgan fingerprint density at radius 2 is 1.84 bits per heavy atom. The number of halogens is 2. The van der Waals surface area contributed by atoms with Crippen LogP contribution in [0.2, 0.25) is 0 Å². The van der Waals surface area contributed by atoms with Crippen LogP contribution in [-0.4, -0.2) is 36.0 Å². The number of fused-ring (bicyclic) bond motifs is 2. The Bertz CT molecular complexity index is 1920. The van der Waals surface area contributed by atoms with Crippen molar-refractivity contribution < 1.29 is 32.5 Å². The summed E-state index contributed by atoms with van der Waals surface area (Å²) in [7, 11) is 1.47. The molecule has 2 aliphatic rings. The van der Waals surface area contributed by atoms with Gasteiger partial charge in [-0.05, 0) is 125 Å². The Balaban J connectivity index is 1.57. The van der Waals surface area contributed by atoms with E-state index in [9.17, 15) is 9.18 Å². The summed E-state index contributed by atoms with van der Waals surface area (Å²) in [5.74, 6) is 0.285. The summed E-state index contributed by atoms with van der Waals surface area (Å²) in [6.07, 6.45) is 5.07. The Kier molecular flexibility index (Phi) is 10.6. The van der Waals surface area contributed by atoms with E-state index in [4.69, 9.17) is 18.9 Å². The lowest BCUT2D eigenvalue weighted by Gasteiger charge is -2.38. The molecule has 0 unspecified atom stereocenters. The maximum absolute atomic E-state index is 16.0. The fourth-order valence-corrected chi connectivity index (χ4v) is 8.30. The number of aryl methyl sites for hydroxylation is 1. The summed E-state index contributed by atoms with van der Waals surface area (Å²) in [6, 6.07) is 10.5. The number of carbonyl (C=O) groups excluding carboxylic acids is 1. The average molecular weight is 702 g/mol. The number of rotatable bonds is 9. The van der Waals surface area contributed by atoms with E-state index in [-0.39, 0.29) is 17.8 Å². The van der Waals surface area contributed by atoms with Crippen LogP contribution < -0.4 is 9.47 Å². The molecule has 1 fully saturated rings. The monoisotopic (exact) mass is 701 g/mol. The van der Waals surface area contributed by atoms with Gasteiger partial charge in [0.05, 0.1) is 25.9 Å². The standard InChI is InChI=1S/C43H53F2NO5/c1-24(2)29-16-15-25(3)20-36(29)50-42(47)41(51-43(6,7)8)37-26(4)21-35-31(17-18-46(35)23-28-12-10-14-33(44)39(28)48-9)38(37)32-22-34(45)40-30(27(32)5)13-11-19-49-40/h10,12,14,17-18,21-22,24-25,29,36,41H,11,13,15-16,19-20,23H2,1-9H3/t25-,29+,36-,41-/m1/s1. The van der Waals surface area contributed by atoms with Gasteiger partial charge in [-0.2, -0.15) is 0 Å². The van der Waals surface area contributed by atoms with E-state index in [0.717, 1.165) is 58.8 Å². The lowest BCUT2D eigenvalue weighted by molar-refractivity contribution is -0.178. The zero-order chi connectivity index (χ0) is 36.8. The smallest absolute Gasteiger partial charge is 0.340 e. The van der Waals surface area contributed by atoms with Crippen LogP contribution in [0.5, 0.6) is 11.5 Å². The van der Waals surface area contributed by atoms with Gasteiger partial charge >= 0.3 is 5.97 Å². The highest BCUT2D eigenvalue weighted by Gasteiger charge is 2.39. The minimum absolute atomic E-state index is 0.193. The third kappa shape index (κ3) is 7.39. The number of methoxy groups -OCH3 is 1. The molecule has 8 heteroatoms. The first-order chi connectivity index (χ1) is 24.2. The van der Waals surface area contributed by atoms with E-state index in [1.54, 1.807) is 12.1 Å². The van der Waals surface area contributed by atoms with Gasteiger partial charge in [0.2, 0.25) is 0 Å². The van der Waals surface area contributed by atoms with E-state index in [0.29, 0.717) is 53.8 Å². The van der Waals surface area contributed by atoms with E-state index in [1.807, 2.05) is 63.6 Å². The highest BCUT2D eigenvalue weighted by atomic mass is 19.1. The third-order valence-electron chi connectivity index (χ3n) is 10.8. The molecule has 0 amide bonds. The molecule has 4 aromatic rings. The number of aromatic nitrogens is 1. The average Bonchev–Trinajstić information content (AvgIpc) is 3.46. The minimum Gasteiger partial charge on any atom is -0.493 e. The van der Waals surface area contributed by atoms with Crippen molar-refractivity contribution >= 4 is 16.9 Å². The van der Waals surface area contributed by atoms with Crippen molar-refractivity contribution in [1.82, 2.24) is 4.57 Å². The van der Waals surface area contributed by atoms with Gasteiger partial charge in [0.1, 0.15) is 6.10 Å². The first kappa shape index (κ1) is 36.9. The Morgan fingerprint density at radius 1 is 1.08 bits per heavy atom. The molecule has 51 heavy (non-hydrogen) atoms. The van der Waals surface area contributed by atoms with Crippen molar-refractivity contribution in [2.24, 2.45) is 17.8 Å². The summed E-state index contributed by atoms with van der Waals surface area (Å²) >= 11 is 0. The van der Waals surface area contributed by atoms with Crippen molar-refractivity contribution in [3.8, 4) is 22.6 Å². The topological polar surface area (TPSA) is 58.9 Å². The van der Waals surface area contributed by atoms with Crippen molar-refractivity contribution in [3.05, 3.63) is 82.0 Å². The number of nitrogens with zero attached hydrogens (tertiary/aromatic N) is 1. The molecular weight excluding hydrogens is 648 g/mol. The molecule has 2 heterocycles. The molecule has 6 nitrogen and oxygen atoms in total. The van der Waals surface area contributed by atoms with Crippen LogP contribution in [0, 0.1) is 43.2 Å². The van der Waals surface area contributed by atoms with Gasteiger partial charge < -0.3 is 23.5 Å². The predicted octanol–water partition coefficient (Wildman–Crippen LogP) is 10.4. The van der Waals surface area contributed by atoms with E-state index in [1.165, 1.54) is 13.2 Å². The largest absolute Gasteiger partial charge is 0.493 e. The SMILES string of the molecule is COc1c(F)cccc1Cn1ccc2c(-c3cc(F)c4c(c3C)CCCO4)c([C@@H](OC(C)(C)C)C(=O)O[C@@H]3C[C@H](C)CC[C@H]3C(C)C)c(C)cc21. The zero-order valence-electron chi connectivity index (χ0n) is 31.6. The summed E-state index contributed by atoms with van der Waals surface area (Å²) in [6.45, 7) is 17.2. The number of benzene rings is 3. The summed E-state index contributed by atoms with van der Waals surface area (Å²) in [5, 5.41) is 0.826. The van der Waals surface area contributed by atoms with Crippen LogP contribution in [0.1, 0.15) is 101 Å². The molecule has 0 saturated heterocycles. The molecule has 1 aliphatic heterocycles. The second-order valence-electron chi connectivity index (χ2n) is 16.0. The van der Waals surface area contributed by atoms with Crippen LogP contribution in [0.15, 0.2) is 42.6 Å². The molecule has 0 bridgehead atoms. The van der Waals surface area contributed by atoms with Gasteiger partial charge in [-0.15, -0.1) is 0 Å². The molecule has 274 valence electrons. The lowest BCUT2D eigenvalue weighted by Crippen LogP contribution is -2.38. The lowest BCUT2D eigenvalue weighted by atomic mass is 9.75. The molecule has 6 rings (SSSR count). The minimum atomic E-state index is -1.07. The van der Waals surface area contributed by atoms with Crippen LogP contribution in [0.4, 0.5) is 8.78 Å².